The van der Waals surface area contributed by atoms with Gasteiger partial charge in [0.1, 0.15) is 0 Å². The summed E-state index contributed by atoms with van der Waals surface area (Å²) in [5.41, 5.74) is -0.0924. The molecule has 1 radical (unpaired) electrons. The maximum absolute atomic E-state index is 9.70. The largest absolute Gasteiger partial charge is 0.392 e. The van der Waals surface area contributed by atoms with Gasteiger partial charge in [-0.1, -0.05) is 20.8 Å². The lowest BCUT2D eigenvalue weighted by molar-refractivity contribution is 0.0215. The number of aliphatic hydroxyl groups is 1. The van der Waals surface area contributed by atoms with E-state index in [4.69, 9.17) is 10.00 Å². The van der Waals surface area contributed by atoms with E-state index in [1.165, 1.54) is 0 Å². The molecule has 0 bridgehead atoms. The first-order chi connectivity index (χ1) is 6.88. The van der Waals surface area contributed by atoms with Gasteiger partial charge >= 0.3 is 0 Å². The molecule has 2 unspecified atom stereocenters. The number of nitriles is 1. The second kappa shape index (κ2) is 6.81. The van der Waals surface area contributed by atoms with Crippen molar-refractivity contribution in [2.75, 3.05) is 13.2 Å². The number of rotatable bonds is 6. The molecule has 0 heterocycles. The molecule has 15 heavy (non-hydrogen) atoms. The first-order valence-electron chi connectivity index (χ1n) is 5.36. The average Bonchev–Trinajstić information content (AvgIpc) is 2.15. The van der Waals surface area contributed by atoms with Crippen molar-refractivity contribution in [2.24, 2.45) is 11.3 Å². The van der Waals surface area contributed by atoms with Gasteiger partial charge in [-0.3, -0.25) is 0 Å². The van der Waals surface area contributed by atoms with E-state index >= 15 is 0 Å². The summed E-state index contributed by atoms with van der Waals surface area (Å²) in [6, 6.07) is 2.05. The van der Waals surface area contributed by atoms with Crippen molar-refractivity contribution < 1.29 is 9.84 Å². The van der Waals surface area contributed by atoms with Gasteiger partial charge in [-0.2, -0.15) is 5.26 Å². The Hall–Kier alpha value is -0.590. The predicted molar refractivity (Wildman–Crippen MR) is 60.0 cm³/mol. The van der Waals surface area contributed by atoms with Crippen molar-refractivity contribution in [1.82, 2.24) is 0 Å². The third kappa shape index (κ3) is 7.35. The lowest BCUT2D eigenvalue weighted by Crippen LogP contribution is -2.27. The van der Waals surface area contributed by atoms with Gasteiger partial charge in [0.15, 0.2) is 0 Å². The van der Waals surface area contributed by atoms with Crippen LogP contribution in [0.15, 0.2) is 0 Å². The van der Waals surface area contributed by atoms with Crippen LogP contribution in [0.2, 0.25) is 0 Å². The van der Waals surface area contributed by atoms with E-state index in [2.05, 4.69) is 6.92 Å². The first-order valence-corrected chi connectivity index (χ1v) is 5.36. The molecule has 87 valence electrons. The fraction of sp³-hybridized carbons (Fsp3) is 0.833. The van der Waals surface area contributed by atoms with Crippen molar-refractivity contribution in [2.45, 2.75) is 39.7 Å². The topological polar surface area (TPSA) is 53.2 Å². The van der Waals surface area contributed by atoms with E-state index in [-0.39, 0.29) is 17.4 Å². The first kappa shape index (κ1) is 14.4. The summed E-state index contributed by atoms with van der Waals surface area (Å²) in [5.74, 6) is -0.197. The average molecular weight is 212 g/mol. The van der Waals surface area contributed by atoms with Crippen LogP contribution in [0, 0.1) is 29.6 Å². The normalized spacial score (nSPS) is 15.7. The summed E-state index contributed by atoms with van der Waals surface area (Å²) in [5, 5.41) is 18.2. The molecule has 3 heteroatoms. The smallest absolute Gasteiger partial charge is 0.0656 e. The lowest BCUT2D eigenvalue weighted by atomic mass is 9.87. The fourth-order valence-electron chi connectivity index (χ4n) is 1.02. The second-order valence-corrected chi connectivity index (χ2v) is 4.90. The quantitative estimate of drug-likeness (QED) is 0.686. The van der Waals surface area contributed by atoms with E-state index in [0.717, 1.165) is 0 Å². The van der Waals surface area contributed by atoms with Gasteiger partial charge in [-0.15, -0.1) is 0 Å². The number of ether oxygens (including phenoxy) is 1. The van der Waals surface area contributed by atoms with Crippen molar-refractivity contribution in [3.63, 3.8) is 0 Å². The lowest BCUT2D eigenvalue weighted by Gasteiger charge is -2.25. The van der Waals surface area contributed by atoms with E-state index < -0.39 is 0 Å². The minimum absolute atomic E-state index is 0.0924. The molecule has 1 N–H and O–H groups in total. The molecule has 0 fully saturated rings. The van der Waals surface area contributed by atoms with Gasteiger partial charge in [0, 0.05) is 19.1 Å². The summed E-state index contributed by atoms with van der Waals surface area (Å²) < 4.78 is 5.32. The third-order valence-corrected chi connectivity index (χ3v) is 2.33. The highest BCUT2D eigenvalue weighted by Gasteiger charge is 2.21. The van der Waals surface area contributed by atoms with Crippen LogP contribution >= 0.6 is 0 Å². The van der Waals surface area contributed by atoms with E-state index in [9.17, 15) is 5.11 Å². The van der Waals surface area contributed by atoms with Crippen LogP contribution < -0.4 is 0 Å². The van der Waals surface area contributed by atoms with E-state index in [1.54, 1.807) is 0 Å². The summed E-state index contributed by atoms with van der Waals surface area (Å²) in [7, 11) is 0. The molecule has 0 aromatic carbocycles. The maximum Gasteiger partial charge on any atom is 0.0656 e. The van der Waals surface area contributed by atoms with Crippen molar-refractivity contribution in [3.8, 4) is 6.07 Å². The molecule has 0 aliphatic heterocycles. The molecule has 0 aliphatic carbocycles. The van der Waals surface area contributed by atoms with Crippen molar-refractivity contribution in [3.05, 3.63) is 6.92 Å². The Kier molecular flexibility index (Phi) is 6.55. The van der Waals surface area contributed by atoms with Crippen LogP contribution in [0.25, 0.3) is 0 Å². The van der Waals surface area contributed by atoms with Crippen LogP contribution in [0.3, 0.4) is 0 Å². The Bertz CT molecular complexity index is 203. The number of hydrogen-bond donors (Lipinski definition) is 1. The highest BCUT2D eigenvalue weighted by atomic mass is 16.5. The Morgan fingerprint density at radius 3 is 2.33 bits per heavy atom. The minimum Gasteiger partial charge on any atom is -0.392 e. The highest BCUT2D eigenvalue weighted by Crippen LogP contribution is 2.21. The second-order valence-electron chi connectivity index (χ2n) is 4.90. The van der Waals surface area contributed by atoms with Crippen molar-refractivity contribution >= 4 is 0 Å². The molecule has 0 spiro atoms. The van der Waals surface area contributed by atoms with Gasteiger partial charge in [-0.05, 0) is 25.2 Å². The minimum atomic E-state index is -0.344. The Balaban J connectivity index is 3.44. The molecule has 0 aromatic rings. The molecule has 0 saturated heterocycles. The Morgan fingerprint density at radius 1 is 1.33 bits per heavy atom. The van der Waals surface area contributed by atoms with Gasteiger partial charge in [0.25, 0.3) is 0 Å². The van der Waals surface area contributed by atoms with Crippen LogP contribution in [-0.4, -0.2) is 24.4 Å². The Labute approximate surface area is 93.1 Å². The summed E-state index contributed by atoms with van der Waals surface area (Å²) >= 11 is 0. The number of aliphatic hydroxyl groups excluding tert-OH is 1. The van der Waals surface area contributed by atoms with Crippen molar-refractivity contribution in [1.29, 1.82) is 5.26 Å². The van der Waals surface area contributed by atoms with Crippen LogP contribution in [0.4, 0.5) is 0 Å². The van der Waals surface area contributed by atoms with Gasteiger partial charge in [-0.25, -0.2) is 0 Å². The highest BCUT2D eigenvalue weighted by molar-refractivity contribution is 4.83. The Morgan fingerprint density at radius 2 is 1.87 bits per heavy atom. The zero-order chi connectivity index (χ0) is 11.9. The SMILES string of the molecule is [CH2]C(C#N)CCOCCC(O)C(C)(C)C. The van der Waals surface area contributed by atoms with Gasteiger partial charge < -0.3 is 9.84 Å². The number of hydrogen-bond acceptors (Lipinski definition) is 3. The standard InChI is InChI=1S/C12H22NO2/c1-10(9-13)5-7-15-8-6-11(14)12(2,3)4/h10-11,14H,1,5-8H2,2-4H3. The van der Waals surface area contributed by atoms with Gasteiger partial charge in [0.05, 0.1) is 12.2 Å². The van der Waals surface area contributed by atoms with Crippen LogP contribution in [0.1, 0.15) is 33.6 Å². The molecule has 2 atom stereocenters. The monoisotopic (exact) mass is 212 g/mol. The molecule has 0 rings (SSSR count). The zero-order valence-corrected chi connectivity index (χ0v) is 9.99. The summed E-state index contributed by atoms with van der Waals surface area (Å²) in [6.45, 7) is 10.7. The van der Waals surface area contributed by atoms with Crippen LogP contribution in [-0.2, 0) is 4.74 Å². The van der Waals surface area contributed by atoms with Gasteiger partial charge in [0.2, 0.25) is 0 Å². The van der Waals surface area contributed by atoms with Crippen LogP contribution in [0.5, 0.6) is 0 Å². The molecule has 0 aliphatic rings. The summed E-state index contributed by atoms with van der Waals surface area (Å²) in [6.07, 6.45) is 0.948. The predicted octanol–water partition coefficient (Wildman–Crippen LogP) is 2.16. The van der Waals surface area contributed by atoms with E-state index in [1.807, 2.05) is 26.8 Å². The number of nitrogens with zero attached hydrogens (tertiary/aromatic N) is 1. The molecule has 0 amide bonds. The third-order valence-electron chi connectivity index (χ3n) is 2.33. The van der Waals surface area contributed by atoms with E-state index in [0.29, 0.717) is 26.1 Å². The molecule has 3 nitrogen and oxygen atoms in total. The maximum atomic E-state index is 9.70. The zero-order valence-electron chi connectivity index (χ0n) is 9.99. The fourth-order valence-corrected chi connectivity index (χ4v) is 1.02. The molecule has 0 aromatic heterocycles. The molecule has 0 saturated carbocycles. The molecular weight excluding hydrogens is 190 g/mol. The summed E-state index contributed by atoms with van der Waals surface area (Å²) in [4.78, 5) is 0. The molecular formula is C12H22NO2.